The van der Waals surface area contributed by atoms with E-state index in [-0.39, 0.29) is 5.54 Å². The van der Waals surface area contributed by atoms with Gasteiger partial charge in [0.15, 0.2) is 5.75 Å². The van der Waals surface area contributed by atoms with Crippen LogP contribution in [0.4, 0.5) is 5.69 Å². The van der Waals surface area contributed by atoms with Crippen molar-refractivity contribution in [2.75, 3.05) is 11.9 Å². The van der Waals surface area contributed by atoms with Crippen LogP contribution in [0.3, 0.4) is 0 Å². The van der Waals surface area contributed by atoms with E-state index in [1.54, 1.807) is 12.4 Å². The molecule has 0 saturated heterocycles. The number of hydrogen-bond donors (Lipinski definition) is 1. The molecule has 0 fully saturated rings. The largest absolute Gasteiger partial charge is 0.487 e. The van der Waals surface area contributed by atoms with Crippen LogP contribution in [0.5, 0.6) is 5.75 Å². The number of fused-ring (bicyclic) bond motifs is 1. The van der Waals surface area contributed by atoms with Crippen LogP contribution in [0.2, 0.25) is 0 Å². The lowest BCUT2D eigenvalue weighted by atomic mass is 10.1. The summed E-state index contributed by atoms with van der Waals surface area (Å²) in [5.74, 6) is 0.844. The lowest BCUT2D eigenvalue weighted by Crippen LogP contribution is -2.40. The predicted molar refractivity (Wildman–Crippen MR) is 47.4 cm³/mol. The lowest BCUT2D eigenvalue weighted by molar-refractivity contribution is 0.241. The number of ether oxygens (including phenoxy) is 1. The zero-order chi connectivity index (χ0) is 8.60. The average molecular weight is 164 g/mol. The fourth-order valence-corrected chi connectivity index (χ4v) is 1.26. The molecule has 0 saturated carbocycles. The third-order valence-corrected chi connectivity index (χ3v) is 1.85. The Bertz CT molecular complexity index is 296. The van der Waals surface area contributed by atoms with Crippen LogP contribution < -0.4 is 10.1 Å². The average Bonchev–Trinajstić information content (AvgIpc) is 2.02. The molecule has 0 bridgehead atoms. The van der Waals surface area contributed by atoms with Gasteiger partial charge in [-0.15, -0.1) is 0 Å². The van der Waals surface area contributed by atoms with E-state index < -0.39 is 0 Å². The Morgan fingerprint density at radius 1 is 1.58 bits per heavy atom. The van der Waals surface area contributed by atoms with E-state index in [9.17, 15) is 0 Å². The normalized spacial score (nSPS) is 18.8. The zero-order valence-electron chi connectivity index (χ0n) is 7.29. The highest BCUT2D eigenvalue weighted by molar-refractivity contribution is 5.57. The van der Waals surface area contributed by atoms with Crippen molar-refractivity contribution in [3.63, 3.8) is 0 Å². The first-order chi connectivity index (χ1) is 5.67. The maximum atomic E-state index is 5.51. The fraction of sp³-hybridized carbons (Fsp3) is 0.444. The molecular formula is C9H12N2O. The molecule has 2 rings (SSSR count). The molecule has 1 N–H and O–H groups in total. The first-order valence-corrected chi connectivity index (χ1v) is 4.02. The molecule has 1 aromatic heterocycles. The van der Waals surface area contributed by atoms with E-state index in [1.165, 1.54) is 0 Å². The summed E-state index contributed by atoms with van der Waals surface area (Å²) in [5.41, 5.74) is 1.05. The first kappa shape index (κ1) is 7.40. The molecule has 64 valence electrons. The van der Waals surface area contributed by atoms with Crippen molar-refractivity contribution in [2.24, 2.45) is 0 Å². The van der Waals surface area contributed by atoms with Crippen molar-refractivity contribution in [3.05, 3.63) is 18.5 Å². The quantitative estimate of drug-likeness (QED) is 0.633. The maximum Gasteiger partial charge on any atom is 0.160 e. The Morgan fingerprint density at radius 2 is 2.42 bits per heavy atom. The molecule has 0 aliphatic carbocycles. The number of aromatic nitrogens is 1. The Kier molecular flexibility index (Phi) is 1.46. The van der Waals surface area contributed by atoms with Crippen molar-refractivity contribution in [1.82, 2.24) is 4.98 Å². The highest BCUT2D eigenvalue weighted by Gasteiger charge is 2.24. The van der Waals surface area contributed by atoms with Gasteiger partial charge < -0.3 is 10.1 Å². The van der Waals surface area contributed by atoms with Crippen LogP contribution in [0.1, 0.15) is 13.8 Å². The third-order valence-electron chi connectivity index (χ3n) is 1.85. The van der Waals surface area contributed by atoms with Gasteiger partial charge in [-0.05, 0) is 19.9 Å². The first-order valence-electron chi connectivity index (χ1n) is 4.02. The summed E-state index contributed by atoms with van der Waals surface area (Å²) in [6.07, 6.45) is 3.49. The van der Waals surface area contributed by atoms with Gasteiger partial charge in [0.05, 0.1) is 17.4 Å². The number of pyridine rings is 1. The summed E-state index contributed by atoms with van der Waals surface area (Å²) >= 11 is 0. The Hall–Kier alpha value is -1.25. The van der Waals surface area contributed by atoms with Crippen molar-refractivity contribution in [3.8, 4) is 5.75 Å². The van der Waals surface area contributed by atoms with Crippen LogP contribution >= 0.6 is 0 Å². The fourth-order valence-electron chi connectivity index (χ4n) is 1.26. The van der Waals surface area contributed by atoms with Gasteiger partial charge >= 0.3 is 0 Å². The molecule has 3 heteroatoms. The monoisotopic (exact) mass is 164 g/mol. The molecule has 0 spiro atoms. The molecule has 3 nitrogen and oxygen atoms in total. The van der Waals surface area contributed by atoms with Crippen LogP contribution in [0.15, 0.2) is 18.5 Å². The predicted octanol–water partition coefficient (Wildman–Crippen LogP) is 1.66. The number of nitrogens with zero attached hydrogens (tertiary/aromatic N) is 1. The van der Waals surface area contributed by atoms with E-state index in [2.05, 4.69) is 24.1 Å². The van der Waals surface area contributed by atoms with E-state index in [4.69, 9.17) is 4.74 Å². The summed E-state index contributed by atoms with van der Waals surface area (Å²) < 4.78 is 5.51. The van der Waals surface area contributed by atoms with Gasteiger partial charge in [-0.3, -0.25) is 4.98 Å². The highest BCUT2D eigenvalue weighted by atomic mass is 16.5. The Balaban J connectivity index is 2.35. The van der Waals surface area contributed by atoms with Gasteiger partial charge in [0.2, 0.25) is 0 Å². The SMILES string of the molecule is CC1(C)COc2cnccc2N1. The second kappa shape index (κ2) is 2.37. The van der Waals surface area contributed by atoms with Gasteiger partial charge in [-0.1, -0.05) is 0 Å². The van der Waals surface area contributed by atoms with Crippen LogP contribution in [-0.4, -0.2) is 17.1 Å². The van der Waals surface area contributed by atoms with Crippen LogP contribution in [-0.2, 0) is 0 Å². The topological polar surface area (TPSA) is 34.1 Å². The smallest absolute Gasteiger partial charge is 0.160 e. The summed E-state index contributed by atoms with van der Waals surface area (Å²) in [5, 5.41) is 3.37. The number of nitrogens with one attached hydrogen (secondary N) is 1. The summed E-state index contributed by atoms with van der Waals surface area (Å²) in [4.78, 5) is 3.98. The second-order valence-electron chi connectivity index (χ2n) is 3.67. The third kappa shape index (κ3) is 1.22. The number of rotatable bonds is 0. The van der Waals surface area contributed by atoms with Gasteiger partial charge in [-0.2, -0.15) is 0 Å². The molecule has 0 aromatic carbocycles. The number of hydrogen-bond acceptors (Lipinski definition) is 3. The molecule has 0 atom stereocenters. The molecule has 1 aromatic rings. The lowest BCUT2D eigenvalue weighted by Gasteiger charge is -2.33. The standard InChI is InChI=1S/C9H12N2O/c1-9(2)6-12-8-5-10-4-3-7(8)11-9/h3-5,11H,6H2,1-2H3. The molecule has 0 unspecified atom stereocenters. The summed E-state index contributed by atoms with van der Waals surface area (Å²) in [6, 6.07) is 1.93. The van der Waals surface area contributed by atoms with E-state index in [0.29, 0.717) is 6.61 Å². The number of anilines is 1. The van der Waals surface area contributed by atoms with Crippen LogP contribution in [0.25, 0.3) is 0 Å². The van der Waals surface area contributed by atoms with Crippen molar-refractivity contribution < 1.29 is 4.74 Å². The molecular weight excluding hydrogens is 152 g/mol. The maximum absolute atomic E-state index is 5.51. The Morgan fingerprint density at radius 3 is 3.25 bits per heavy atom. The second-order valence-corrected chi connectivity index (χ2v) is 3.67. The van der Waals surface area contributed by atoms with E-state index >= 15 is 0 Å². The van der Waals surface area contributed by atoms with Crippen molar-refractivity contribution in [2.45, 2.75) is 19.4 Å². The molecule has 1 aliphatic rings. The van der Waals surface area contributed by atoms with Crippen molar-refractivity contribution >= 4 is 5.69 Å². The zero-order valence-corrected chi connectivity index (χ0v) is 7.29. The minimum atomic E-state index is 0.0222. The minimum Gasteiger partial charge on any atom is -0.487 e. The van der Waals surface area contributed by atoms with Crippen LogP contribution in [0, 0.1) is 0 Å². The highest BCUT2D eigenvalue weighted by Crippen LogP contribution is 2.30. The molecule has 1 aliphatic heterocycles. The van der Waals surface area contributed by atoms with E-state index in [0.717, 1.165) is 11.4 Å². The molecule has 0 amide bonds. The summed E-state index contributed by atoms with van der Waals surface area (Å²) in [6.45, 7) is 4.90. The summed E-state index contributed by atoms with van der Waals surface area (Å²) in [7, 11) is 0. The minimum absolute atomic E-state index is 0.0222. The molecule has 2 heterocycles. The Labute approximate surface area is 71.8 Å². The van der Waals surface area contributed by atoms with Gasteiger partial charge in [-0.25, -0.2) is 0 Å². The van der Waals surface area contributed by atoms with Crippen molar-refractivity contribution in [1.29, 1.82) is 0 Å². The molecule has 12 heavy (non-hydrogen) atoms. The van der Waals surface area contributed by atoms with Gasteiger partial charge in [0.25, 0.3) is 0 Å². The van der Waals surface area contributed by atoms with Gasteiger partial charge in [0.1, 0.15) is 6.61 Å². The van der Waals surface area contributed by atoms with E-state index in [1.807, 2.05) is 6.07 Å². The van der Waals surface area contributed by atoms with Gasteiger partial charge in [0, 0.05) is 6.20 Å². The molecule has 0 radical (unpaired) electrons.